The molecule has 0 unspecified atom stereocenters. The summed E-state index contributed by atoms with van der Waals surface area (Å²) in [6.45, 7) is 0. The molecule has 0 heterocycles. The van der Waals surface area contributed by atoms with Crippen molar-refractivity contribution in [3.63, 3.8) is 0 Å². The molecule has 0 aliphatic heterocycles. The van der Waals surface area contributed by atoms with Gasteiger partial charge in [0.15, 0.2) is 11.6 Å². The first-order valence-electron chi connectivity index (χ1n) is 5.86. The van der Waals surface area contributed by atoms with Crippen LogP contribution in [0.15, 0.2) is 30.3 Å². The van der Waals surface area contributed by atoms with Gasteiger partial charge in [-0.1, -0.05) is 6.07 Å². The SMILES string of the molecule is CNc1c(F)cccc1C(=O)Nc1c(F)cc(F)cc1F. The van der Waals surface area contributed by atoms with Gasteiger partial charge < -0.3 is 10.6 Å². The van der Waals surface area contributed by atoms with Crippen molar-refractivity contribution < 1.29 is 22.4 Å². The summed E-state index contributed by atoms with van der Waals surface area (Å²) >= 11 is 0. The standard InChI is InChI=1S/C14H10F4N2O/c1-19-12-8(3-2-4-9(12)16)14(21)20-13-10(17)5-7(15)6-11(13)18/h2-6,19H,1H3,(H,20,21). The molecular weight excluding hydrogens is 288 g/mol. The molecule has 2 aromatic rings. The Morgan fingerprint density at radius 3 is 2.14 bits per heavy atom. The average Bonchev–Trinajstić information content (AvgIpc) is 2.42. The molecule has 0 aliphatic carbocycles. The molecule has 0 bridgehead atoms. The number of anilines is 2. The lowest BCUT2D eigenvalue weighted by Crippen LogP contribution is -2.16. The Morgan fingerprint density at radius 1 is 0.952 bits per heavy atom. The lowest BCUT2D eigenvalue weighted by Gasteiger charge is -2.11. The quantitative estimate of drug-likeness (QED) is 0.851. The Hall–Kier alpha value is -2.57. The van der Waals surface area contributed by atoms with Gasteiger partial charge in [0.1, 0.15) is 17.3 Å². The summed E-state index contributed by atoms with van der Waals surface area (Å²) in [5.74, 6) is -5.25. The third-order valence-electron chi connectivity index (χ3n) is 2.75. The molecular formula is C14H10F4N2O. The van der Waals surface area contributed by atoms with Crippen LogP contribution in [-0.4, -0.2) is 13.0 Å². The molecule has 3 nitrogen and oxygen atoms in total. The van der Waals surface area contributed by atoms with Crippen molar-refractivity contribution in [1.29, 1.82) is 0 Å². The van der Waals surface area contributed by atoms with E-state index in [1.165, 1.54) is 19.2 Å². The molecule has 0 spiro atoms. The van der Waals surface area contributed by atoms with Crippen LogP contribution in [0.3, 0.4) is 0 Å². The van der Waals surface area contributed by atoms with Crippen LogP contribution in [0.4, 0.5) is 28.9 Å². The van der Waals surface area contributed by atoms with E-state index in [1.54, 1.807) is 0 Å². The molecule has 21 heavy (non-hydrogen) atoms. The fraction of sp³-hybridized carbons (Fsp3) is 0.0714. The van der Waals surface area contributed by atoms with Gasteiger partial charge in [-0.3, -0.25) is 4.79 Å². The Morgan fingerprint density at radius 2 is 1.57 bits per heavy atom. The number of hydrogen-bond donors (Lipinski definition) is 2. The van der Waals surface area contributed by atoms with Crippen molar-refractivity contribution in [2.45, 2.75) is 0 Å². The van der Waals surface area contributed by atoms with Crippen LogP contribution in [-0.2, 0) is 0 Å². The Kier molecular flexibility index (Phi) is 4.11. The van der Waals surface area contributed by atoms with E-state index in [4.69, 9.17) is 0 Å². The topological polar surface area (TPSA) is 41.1 Å². The highest BCUT2D eigenvalue weighted by Gasteiger charge is 2.18. The summed E-state index contributed by atoms with van der Waals surface area (Å²) in [4.78, 5) is 12.0. The van der Waals surface area contributed by atoms with E-state index in [2.05, 4.69) is 5.32 Å². The van der Waals surface area contributed by atoms with E-state index in [-0.39, 0.29) is 11.3 Å². The predicted octanol–water partition coefficient (Wildman–Crippen LogP) is 3.54. The molecule has 0 fully saturated rings. The molecule has 7 heteroatoms. The molecule has 0 aliphatic rings. The zero-order valence-corrected chi connectivity index (χ0v) is 10.8. The molecule has 0 aromatic heterocycles. The monoisotopic (exact) mass is 298 g/mol. The van der Waals surface area contributed by atoms with Crippen LogP contribution in [0.2, 0.25) is 0 Å². The first kappa shape index (κ1) is 14.8. The number of halogens is 4. The number of para-hydroxylation sites is 1. The molecule has 0 atom stereocenters. The molecule has 0 saturated heterocycles. The number of nitrogens with one attached hydrogen (secondary N) is 2. The first-order valence-corrected chi connectivity index (χ1v) is 5.86. The van der Waals surface area contributed by atoms with Gasteiger partial charge in [-0.15, -0.1) is 0 Å². The molecule has 2 aromatic carbocycles. The third kappa shape index (κ3) is 2.96. The third-order valence-corrected chi connectivity index (χ3v) is 2.75. The van der Waals surface area contributed by atoms with Gasteiger partial charge >= 0.3 is 0 Å². The Balaban J connectivity index is 2.38. The van der Waals surface area contributed by atoms with Gasteiger partial charge in [0.2, 0.25) is 0 Å². The van der Waals surface area contributed by atoms with Crippen molar-refractivity contribution in [1.82, 2.24) is 0 Å². The molecule has 2 N–H and O–H groups in total. The number of carbonyl (C=O) groups is 1. The lowest BCUT2D eigenvalue weighted by atomic mass is 10.1. The largest absolute Gasteiger partial charge is 0.385 e. The summed E-state index contributed by atoms with van der Waals surface area (Å²) in [5, 5.41) is 4.45. The second kappa shape index (κ2) is 5.82. The Bertz CT molecular complexity index is 680. The predicted molar refractivity (Wildman–Crippen MR) is 70.2 cm³/mol. The van der Waals surface area contributed by atoms with Crippen LogP contribution >= 0.6 is 0 Å². The fourth-order valence-corrected chi connectivity index (χ4v) is 1.81. The zero-order valence-electron chi connectivity index (χ0n) is 10.8. The zero-order chi connectivity index (χ0) is 15.6. The van der Waals surface area contributed by atoms with Crippen molar-refractivity contribution in [3.8, 4) is 0 Å². The highest BCUT2D eigenvalue weighted by Crippen LogP contribution is 2.24. The maximum atomic E-state index is 13.5. The van der Waals surface area contributed by atoms with Gasteiger partial charge in [-0.05, 0) is 12.1 Å². The summed E-state index contributed by atoms with van der Waals surface area (Å²) in [7, 11) is 1.40. The summed E-state index contributed by atoms with van der Waals surface area (Å²) < 4.78 is 53.2. The molecule has 2 rings (SSSR count). The summed E-state index contributed by atoms with van der Waals surface area (Å²) in [5.41, 5.74) is -1.05. The van der Waals surface area contributed by atoms with Crippen LogP contribution in [0.1, 0.15) is 10.4 Å². The van der Waals surface area contributed by atoms with Gasteiger partial charge in [-0.2, -0.15) is 0 Å². The van der Waals surface area contributed by atoms with E-state index in [1.807, 2.05) is 5.32 Å². The number of rotatable bonds is 3. The van der Waals surface area contributed by atoms with Crippen LogP contribution in [0.25, 0.3) is 0 Å². The lowest BCUT2D eigenvalue weighted by molar-refractivity contribution is 0.102. The van der Waals surface area contributed by atoms with E-state index in [0.29, 0.717) is 12.1 Å². The molecule has 0 saturated carbocycles. The van der Waals surface area contributed by atoms with Crippen LogP contribution in [0.5, 0.6) is 0 Å². The number of carbonyl (C=O) groups excluding carboxylic acids is 1. The maximum absolute atomic E-state index is 13.5. The number of hydrogen-bond acceptors (Lipinski definition) is 2. The van der Waals surface area contributed by atoms with E-state index in [0.717, 1.165) is 6.07 Å². The van der Waals surface area contributed by atoms with E-state index >= 15 is 0 Å². The summed E-state index contributed by atoms with van der Waals surface area (Å²) in [6, 6.07) is 4.56. The van der Waals surface area contributed by atoms with Gasteiger partial charge in [0.05, 0.1) is 11.3 Å². The summed E-state index contributed by atoms with van der Waals surface area (Å²) in [6.07, 6.45) is 0. The smallest absolute Gasteiger partial charge is 0.258 e. The molecule has 1 amide bonds. The number of amides is 1. The minimum absolute atomic E-state index is 0.113. The normalized spacial score (nSPS) is 10.3. The van der Waals surface area contributed by atoms with Crippen molar-refractivity contribution in [2.24, 2.45) is 0 Å². The highest BCUT2D eigenvalue weighted by atomic mass is 19.1. The van der Waals surface area contributed by atoms with Gasteiger partial charge in [0, 0.05) is 19.2 Å². The first-order chi connectivity index (χ1) is 9.93. The van der Waals surface area contributed by atoms with Gasteiger partial charge in [0.25, 0.3) is 5.91 Å². The minimum atomic E-state index is -1.26. The average molecular weight is 298 g/mol. The van der Waals surface area contributed by atoms with E-state index in [9.17, 15) is 22.4 Å². The maximum Gasteiger partial charge on any atom is 0.258 e. The van der Waals surface area contributed by atoms with E-state index < -0.39 is 34.9 Å². The van der Waals surface area contributed by atoms with Crippen LogP contribution < -0.4 is 10.6 Å². The second-order valence-corrected chi connectivity index (χ2v) is 4.11. The van der Waals surface area contributed by atoms with Crippen LogP contribution in [0, 0.1) is 23.3 Å². The van der Waals surface area contributed by atoms with Crippen molar-refractivity contribution >= 4 is 17.3 Å². The minimum Gasteiger partial charge on any atom is -0.385 e. The van der Waals surface area contributed by atoms with Crippen molar-refractivity contribution in [2.75, 3.05) is 17.7 Å². The Labute approximate surface area is 117 Å². The molecule has 0 radical (unpaired) electrons. The highest BCUT2D eigenvalue weighted by molar-refractivity contribution is 6.08. The molecule has 110 valence electrons. The number of benzene rings is 2. The van der Waals surface area contributed by atoms with Gasteiger partial charge in [-0.25, -0.2) is 17.6 Å². The second-order valence-electron chi connectivity index (χ2n) is 4.11. The van der Waals surface area contributed by atoms with Crippen molar-refractivity contribution in [3.05, 3.63) is 59.2 Å². The fourth-order valence-electron chi connectivity index (χ4n) is 1.81.